The molecule has 0 aliphatic carbocycles. The highest BCUT2D eigenvalue weighted by Gasteiger charge is 2.17. The van der Waals surface area contributed by atoms with Gasteiger partial charge in [0, 0.05) is 19.2 Å². The molecule has 0 radical (unpaired) electrons. The Morgan fingerprint density at radius 3 is 2.78 bits per heavy atom. The van der Waals surface area contributed by atoms with Crippen LogP contribution in [0.5, 0.6) is 0 Å². The van der Waals surface area contributed by atoms with E-state index in [9.17, 15) is 9.59 Å². The highest BCUT2D eigenvalue weighted by Crippen LogP contribution is 2.20. The fraction of sp³-hybridized carbons (Fsp3) is 0.333. The number of thiophene rings is 1. The summed E-state index contributed by atoms with van der Waals surface area (Å²) < 4.78 is 0. The fourth-order valence-electron chi connectivity index (χ4n) is 1.45. The fourth-order valence-corrected chi connectivity index (χ4v) is 2.31. The van der Waals surface area contributed by atoms with E-state index in [4.69, 9.17) is 10.2 Å². The Morgan fingerprint density at radius 2 is 2.22 bits per heavy atom. The Bertz CT molecular complexity index is 453. The molecule has 0 aliphatic rings. The van der Waals surface area contributed by atoms with Crippen LogP contribution in [-0.2, 0) is 4.79 Å². The lowest BCUT2D eigenvalue weighted by molar-refractivity contribution is -0.131. The van der Waals surface area contributed by atoms with Crippen LogP contribution >= 0.6 is 11.3 Å². The number of amides is 1. The number of aliphatic hydroxyl groups is 1. The van der Waals surface area contributed by atoms with Gasteiger partial charge < -0.3 is 15.1 Å². The van der Waals surface area contributed by atoms with Crippen LogP contribution < -0.4 is 0 Å². The third-order valence-corrected chi connectivity index (χ3v) is 3.25. The average molecular weight is 269 g/mol. The van der Waals surface area contributed by atoms with Gasteiger partial charge in [-0.1, -0.05) is 0 Å². The summed E-state index contributed by atoms with van der Waals surface area (Å²) in [6.07, 6.45) is 2.40. The molecule has 98 valence electrons. The molecule has 18 heavy (non-hydrogen) atoms. The van der Waals surface area contributed by atoms with E-state index in [0.717, 1.165) is 6.08 Å². The highest BCUT2D eigenvalue weighted by molar-refractivity contribution is 7.12. The molecule has 0 saturated carbocycles. The van der Waals surface area contributed by atoms with E-state index in [-0.39, 0.29) is 19.1 Å². The number of aliphatic carboxylic acids is 1. The van der Waals surface area contributed by atoms with Gasteiger partial charge in [-0.3, -0.25) is 4.79 Å². The zero-order chi connectivity index (χ0) is 13.5. The number of carboxylic acid groups (broad SMARTS) is 1. The number of likely N-dealkylation sites (N-methyl/N-ethyl adjacent to an activating group) is 1. The summed E-state index contributed by atoms with van der Waals surface area (Å²) in [5, 5.41) is 19.2. The van der Waals surface area contributed by atoms with Crippen molar-refractivity contribution in [1.82, 2.24) is 4.90 Å². The lowest BCUT2D eigenvalue weighted by atomic mass is 10.2. The molecular formula is C12H15NO4S. The Morgan fingerprint density at radius 1 is 1.50 bits per heavy atom. The monoisotopic (exact) mass is 269 g/mol. The number of aliphatic hydroxyl groups excluding tert-OH is 1. The molecule has 1 aromatic rings. The van der Waals surface area contributed by atoms with Gasteiger partial charge in [0.25, 0.3) is 5.91 Å². The summed E-state index contributed by atoms with van der Waals surface area (Å²) in [4.78, 5) is 24.6. The average Bonchev–Trinajstić information content (AvgIpc) is 2.80. The van der Waals surface area contributed by atoms with E-state index < -0.39 is 5.97 Å². The van der Waals surface area contributed by atoms with Gasteiger partial charge in [0.2, 0.25) is 0 Å². The largest absolute Gasteiger partial charge is 0.478 e. The first-order valence-electron chi connectivity index (χ1n) is 5.48. The summed E-state index contributed by atoms with van der Waals surface area (Å²) in [5.41, 5.74) is 0.587. The zero-order valence-corrected chi connectivity index (χ0v) is 10.8. The molecule has 0 spiro atoms. The first kappa shape index (κ1) is 14.4. The van der Waals surface area contributed by atoms with E-state index in [1.807, 2.05) is 6.92 Å². The molecule has 1 rings (SSSR count). The Labute approximate surface area is 109 Å². The van der Waals surface area contributed by atoms with Gasteiger partial charge in [0.1, 0.15) is 0 Å². The molecule has 0 atom stereocenters. The van der Waals surface area contributed by atoms with E-state index in [1.54, 1.807) is 11.4 Å². The summed E-state index contributed by atoms with van der Waals surface area (Å²) in [6.45, 7) is 2.51. The molecule has 1 heterocycles. The van der Waals surface area contributed by atoms with Crippen LogP contribution in [0.4, 0.5) is 0 Å². The second-order valence-corrected chi connectivity index (χ2v) is 4.40. The molecule has 0 fully saturated rings. The second-order valence-electron chi connectivity index (χ2n) is 3.49. The lowest BCUT2D eigenvalue weighted by Gasteiger charge is -2.19. The van der Waals surface area contributed by atoms with Crippen LogP contribution in [0, 0.1) is 0 Å². The van der Waals surface area contributed by atoms with Crippen molar-refractivity contribution >= 4 is 29.3 Å². The molecule has 0 bridgehead atoms. The van der Waals surface area contributed by atoms with Crippen molar-refractivity contribution in [3.05, 3.63) is 28.0 Å². The minimum absolute atomic E-state index is 0.0920. The molecule has 6 heteroatoms. The van der Waals surface area contributed by atoms with Crippen molar-refractivity contribution in [2.75, 3.05) is 19.7 Å². The topological polar surface area (TPSA) is 77.8 Å². The van der Waals surface area contributed by atoms with Gasteiger partial charge in [-0.25, -0.2) is 4.79 Å². The van der Waals surface area contributed by atoms with Crippen molar-refractivity contribution in [3.63, 3.8) is 0 Å². The second kappa shape index (κ2) is 6.93. The van der Waals surface area contributed by atoms with Crippen molar-refractivity contribution in [2.24, 2.45) is 0 Å². The maximum absolute atomic E-state index is 12.1. The molecule has 0 saturated heterocycles. The summed E-state index contributed by atoms with van der Waals surface area (Å²) in [6, 6.07) is 1.70. The van der Waals surface area contributed by atoms with Crippen molar-refractivity contribution < 1.29 is 19.8 Å². The van der Waals surface area contributed by atoms with Crippen molar-refractivity contribution in [3.8, 4) is 0 Å². The normalized spacial score (nSPS) is 10.8. The maximum atomic E-state index is 12.1. The zero-order valence-electron chi connectivity index (χ0n) is 10.00. The quantitative estimate of drug-likeness (QED) is 0.763. The third kappa shape index (κ3) is 3.68. The number of nitrogens with zero attached hydrogens (tertiary/aromatic N) is 1. The number of hydrogen-bond acceptors (Lipinski definition) is 4. The number of carboxylic acids is 1. The van der Waals surface area contributed by atoms with Crippen LogP contribution in [-0.4, -0.2) is 46.7 Å². The molecule has 0 unspecified atom stereocenters. The van der Waals surface area contributed by atoms with Gasteiger partial charge in [-0.2, -0.15) is 0 Å². The summed E-state index contributed by atoms with van der Waals surface area (Å²) in [7, 11) is 0. The lowest BCUT2D eigenvalue weighted by Crippen LogP contribution is -2.33. The standard InChI is InChI=1S/C12H15NO4S/c1-2-13(6-7-14)12(17)11-9(5-8-18-11)3-4-10(15)16/h3-5,8,14H,2,6-7H2,1H3,(H,15,16). The van der Waals surface area contributed by atoms with Crippen LogP contribution in [0.2, 0.25) is 0 Å². The first-order chi connectivity index (χ1) is 8.60. The van der Waals surface area contributed by atoms with E-state index in [1.165, 1.54) is 22.3 Å². The van der Waals surface area contributed by atoms with Crippen LogP contribution in [0.1, 0.15) is 22.2 Å². The number of carbonyl (C=O) groups excluding carboxylic acids is 1. The predicted molar refractivity (Wildman–Crippen MR) is 69.7 cm³/mol. The Hall–Kier alpha value is -1.66. The van der Waals surface area contributed by atoms with E-state index in [0.29, 0.717) is 17.0 Å². The minimum atomic E-state index is -1.05. The summed E-state index contributed by atoms with van der Waals surface area (Å²) >= 11 is 1.26. The molecule has 0 aliphatic heterocycles. The number of carbonyl (C=O) groups is 2. The molecule has 1 amide bonds. The smallest absolute Gasteiger partial charge is 0.328 e. The van der Waals surface area contributed by atoms with Gasteiger partial charge in [0.05, 0.1) is 11.5 Å². The van der Waals surface area contributed by atoms with Crippen molar-refractivity contribution in [2.45, 2.75) is 6.92 Å². The molecular weight excluding hydrogens is 254 g/mol. The Balaban J connectivity index is 2.92. The van der Waals surface area contributed by atoms with Gasteiger partial charge in [-0.15, -0.1) is 11.3 Å². The van der Waals surface area contributed by atoms with Crippen LogP contribution in [0.25, 0.3) is 6.08 Å². The minimum Gasteiger partial charge on any atom is -0.478 e. The molecule has 1 aromatic heterocycles. The maximum Gasteiger partial charge on any atom is 0.328 e. The van der Waals surface area contributed by atoms with E-state index in [2.05, 4.69) is 0 Å². The van der Waals surface area contributed by atoms with Gasteiger partial charge in [-0.05, 0) is 30.0 Å². The summed E-state index contributed by atoms with van der Waals surface area (Å²) in [5.74, 6) is -1.24. The highest BCUT2D eigenvalue weighted by atomic mass is 32.1. The number of rotatable bonds is 6. The van der Waals surface area contributed by atoms with Crippen LogP contribution in [0.3, 0.4) is 0 Å². The van der Waals surface area contributed by atoms with Gasteiger partial charge in [0.15, 0.2) is 0 Å². The molecule has 5 nitrogen and oxygen atoms in total. The van der Waals surface area contributed by atoms with E-state index >= 15 is 0 Å². The molecule has 2 N–H and O–H groups in total. The SMILES string of the molecule is CCN(CCO)C(=O)c1sccc1C=CC(=O)O. The Kier molecular flexibility index (Phi) is 5.54. The van der Waals surface area contributed by atoms with Crippen molar-refractivity contribution in [1.29, 1.82) is 0 Å². The molecule has 0 aromatic carbocycles. The van der Waals surface area contributed by atoms with Gasteiger partial charge >= 0.3 is 5.97 Å². The third-order valence-electron chi connectivity index (χ3n) is 2.33. The van der Waals surface area contributed by atoms with Crippen LogP contribution in [0.15, 0.2) is 17.5 Å². The number of hydrogen-bond donors (Lipinski definition) is 2. The first-order valence-corrected chi connectivity index (χ1v) is 6.36. The predicted octanol–water partition coefficient (Wildman–Crippen LogP) is 1.30.